The Balaban J connectivity index is 2.39. The number of carboxylic acid groups (broad SMARTS) is 1. The van der Waals surface area contributed by atoms with E-state index in [1.165, 1.54) is 0 Å². The molecule has 0 aliphatic heterocycles. The van der Waals surface area contributed by atoms with Crippen molar-refractivity contribution in [1.29, 1.82) is 0 Å². The molecule has 1 aromatic rings. The maximum Gasteiger partial charge on any atom is 0.303 e. The molecule has 1 amide bonds. The Morgan fingerprint density at radius 2 is 2.22 bits per heavy atom. The van der Waals surface area contributed by atoms with Crippen molar-refractivity contribution in [3.8, 4) is 0 Å². The van der Waals surface area contributed by atoms with Gasteiger partial charge in [0.2, 0.25) is 0 Å². The van der Waals surface area contributed by atoms with Gasteiger partial charge in [0, 0.05) is 25.7 Å². The van der Waals surface area contributed by atoms with Crippen molar-refractivity contribution in [1.82, 2.24) is 9.88 Å². The van der Waals surface area contributed by atoms with Gasteiger partial charge in [0.05, 0.1) is 0 Å². The molecule has 0 saturated heterocycles. The molecule has 0 saturated carbocycles. The van der Waals surface area contributed by atoms with E-state index in [4.69, 9.17) is 5.11 Å². The molecule has 1 rings (SSSR count). The van der Waals surface area contributed by atoms with E-state index < -0.39 is 5.97 Å². The molecule has 5 nitrogen and oxygen atoms in total. The number of hydrogen-bond acceptors (Lipinski definition) is 2. The molecular formula is C13H20N2O3. The lowest BCUT2D eigenvalue weighted by Gasteiger charge is -2.12. The van der Waals surface area contributed by atoms with Crippen LogP contribution >= 0.6 is 0 Å². The molecule has 0 radical (unpaired) electrons. The first-order chi connectivity index (χ1) is 8.54. The summed E-state index contributed by atoms with van der Waals surface area (Å²) in [6.07, 6.45) is 2.58. The van der Waals surface area contributed by atoms with Gasteiger partial charge in [-0.1, -0.05) is 6.92 Å². The fraction of sp³-hybridized carbons (Fsp3) is 0.538. The van der Waals surface area contributed by atoms with E-state index in [-0.39, 0.29) is 18.2 Å². The second kappa shape index (κ2) is 6.83. The van der Waals surface area contributed by atoms with Gasteiger partial charge in [-0.15, -0.1) is 0 Å². The monoisotopic (exact) mass is 252 g/mol. The first kappa shape index (κ1) is 14.3. The van der Waals surface area contributed by atoms with Crippen molar-refractivity contribution < 1.29 is 14.7 Å². The van der Waals surface area contributed by atoms with E-state index in [1.54, 1.807) is 6.07 Å². The molecule has 1 atom stereocenters. The number of amides is 1. The van der Waals surface area contributed by atoms with Crippen LogP contribution in [-0.2, 0) is 11.3 Å². The summed E-state index contributed by atoms with van der Waals surface area (Å²) in [7, 11) is 0. The van der Waals surface area contributed by atoms with Crippen molar-refractivity contribution in [2.24, 2.45) is 5.92 Å². The lowest BCUT2D eigenvalue weighted by molar-refractivity contribution is -0.137. The van der Waals surface area contributed by atoms with Crippen LogP contribution in [0.2, 0.25) is 0 Å². The maximum absolute atomic E-state index is 11.9. The van der Waals surface area contributed by atoms with Gasteiger partial charge < -0.3 is 15.0 Å². The highest BCUT2D eigenvalue weighted by Crippen LogP contribution is 2.06. The smallest absolute Gasteiger partial charge is 0.303 e. The normalized spacial score (nSPS) is 12.1. The van der Waals surface area contributed by atoms with Gasteiger partial charge in [0.15, 0.2) is 0 Å². The average molecular weight is 252 g/mol. The summed E-state index contributed by atoms with van der Waals surface area (Å²) in [5.74, 6) is -0.743. The van der Waals surface area contributed by atoms with Crippen molar-refractivity contribution in [2.45, 2.75) is 33.2 Å². The number of nitrogens with zero attached hydrogens (tertiary/aromatic N) is 1. The van der Waals surface area contributed by atoms with Crippen molar-refractivity contribution in [2.75, 3.05) is 6.54 Å². The number of carboxylic acids is 1. The van der Waals surface area contributed by atoms with Gasteiger partial charge in [-0.3, -0.25) is 9.59 Å². The second-order valence-corrected chi connectivity index (χ2v) is 4.43. The number of aromatic nitrogens is 1. The molecule has 18 heavy (non-hydrogen) atoms. The molecule has 0 fully saturated rings. The molecule has 5 heteroatoms. The van der Waals surface area contributed by atoms with Gasteiger partial charge in [-0.25, -0.2) is 0 Å². The number of carbonyl (C=O) groups is 2. The SMILES string of the molecule is CCn1cccc1C(=O)NCC(C)CCC(=O)O. The van der Waals surface area contributed by atoms with Crippen LogP contribution in [-0.4, -0.2) is 28.1 Å². The quantitative estimate of drug-likeness (QED) is 0.776. The lowest BCUT2D eigenvalue weighted by atomic mass is 10.1. The molecule has 1 heterocycles. The molecule has 0 bridgehead atoms. The fourth-order valence-corrected chi connectivity index (χ4v) is 1.73. The number of rotatable bonds is 7. The number of aliphatic carboxylic acids is 1. The number of aryl methyl sites for hydroxylation is 1. The van der Waals surface area contributed by atoms with Gasteiger partial charge in [-0.2, -0.15) is 0 Å². The van der Waals surface area contributed by atoms with Gasteiger partial charge in [0.25, 0.3) is 5.91 Å². The van der Waals surface area contributed by atoms with Crippen LogP contribution < -0.4 is 5.32 Å². The number of nitrogens with one attached hydrogen (secondary N) is 1. The van der Waals surface area contributed by atoms with E-state index >= 15 is 0 Å². The highest BCUT2D eigenvalue weighted by atomic mass is 16.4. The topological polar surface area (TPSA) is 71.3 Å². The fourth-order valence-electron chi connectivity index (χ4n) is 1.73. The van der Waals surface area contributed by atoms with Crippen molar-refractivity contribution in [3.05, 3.63) is 24.0 Å². The third-order valence-corrected chi connectivity index (χ3v) is 2.86. The maximum atomic E-state index is 11.9. The van der Waals surface area contributed by atoms with Crippen LogP contribution in [0.25, 0.3) is 0 Å². The number of hydrogen-bond donors (Lipinski definition) is 2. The minimum Gasteiger partial charge on any atom is -0.481 e. The van der Waals surface area contributed by atoms with E-state index in [0.29, 0.717) is 18.7 Å². The van der Waals surface area contributed by atoms with Crippen molar-refractivity contribution >= 4 is 11.9 Å². The summed E-state index contributed by atoms with van der Waals surface area (Å²) in [5.41, 5.74) is 0.642. The van der Waals surface area contributed by atoms with Crippen LogP contribution in [0.3, 0.4) is 0 Å². The van der Waals surface area contributed by atoms with E-state index in [2.05, 4.69) is 5.32 Å². The standard InChI is InChI=1S/C13H20N2O3/c1-3-15-8-4-5-11(15)13(18)14-9-10(2)6-7-12(16)17/h4-5,8,10H,3,6-7,9H2,1-2H3,(H,14,18)(H,16,17). The van der Waals surface area contributed by atoms with Crippen LogP contribution in [0.4, 0.5) is 0 Å². The zero-order valence-corrected chi connectivity index (χ0v) is 10.8. The summed E-state index contributed by atoms with van der Waals surface area (Å²) in [6, 6.07) is 3.62. The van der Waals surface area contributed by atoms with E-state index in [9.17, 15) is 9.59 Å². The van der Waals surface area contributed by atoms with E-state index in [1.807, 2.05) is 30.7 Å². The van der Waals surface area contributed by atoms with E-state index in [0.717, 1.165) is 6.54 Å². The summed E-state index contributed by atoms with van der Waals surface area (Å²) < 4.78 is 1.87. The molecule has 0 aromatic carbocycles. The Hall–Kier alpha value is -1.78. The molecule has 1 unspecified atom stereocenters. The molecular weight excluding hydrogens is 232 g/mol. The molecule has 100 valence electrons. The molecule has 1 aromatic heterocycles. The van der Waals surface area contributed by atoms with Crippen LogP contribution in [0, 0.1) is 5.92 Å². The largest absolute Gasteiger partial charge is 0.481 e. The average Bonchev–Trinajstić information content (AvgIpc) is 2.81. The van der Waals surface area contributed by atoms with Crippen LogP contribution in [0.1, 0.15) is 37.2 Å². The minimum atomic E-state index is -0.798. The highest BCUT2D eigenvalue weighted by Gasteiger charge is 2.11. The summed E-state index contributed by atoms with van der Waals surface area (Å²) in [6.45, 7) is 5.17. The zero-order chi connectivity index (χ0) is 13.5. The highest BCUT2D eigenvalue weighted by molar-refractivity contribution is 5.92. The molecule has 0 aliphatic rings. The third kappa shape index (κ3) is 4.24. The zero-order valence-electron chi connectivity index (χ0n) is 10.8. The molecule has 0 aliphatic carbocycles. The summed E-state index contributed by atoms with van der Waals surface area (Å²) in [4.78, 5) is 22.3. The summed E-state index contributed by atoms with van der Waals surface area (Å²) in [5, 5.41) is 11.4. The second-order valence-electron chi connectivity index (χ2n) is 4.43. The summed E-state index contributed by atoms with van der Waals surface area (Å²) >= 11 is 0. The number of carbonyl (C=O) groups excluding carboxylic acids is 1. The van der Waals surface area contributed by atoms with Gasteiger partial charge in [-0.05, 0) is 31.4 Å². The first-order valence-corrected chi connectivity index (χ1v) is 6.19. The molecule has 2 N–H and O–H groups in total. The Bertz CT molecular complexity index is 412. The van der Waals surface area contributed by atoms with Gasteiger partial charge in [0.1, 0.15) is 5.69 Å². The van der Waals surface area contributed by atoms with Crippen molar-refractivity contribution in [3.63, 3.8) is 0 Å². The minimum absolute atomic E-state index is 0.107. The Labute approximate surface area is 107 Å². The molecule has 0 spiro atoms. The lowest BCUT2D eigenvalue weighted by Crippen LogP contribution is -2.30. The van der Waals surface area contributed by atoms with Crippen LogP contribution in [0.15, 0.2) is 18.3 Å². The predicted octanol–water partition coefficient (Wildman–Crippen LogP) is 1.74. The Kier molecular flexibility index (Phi) is 5.42. The Morgan fingerprint density at radius 1 is 1.50 bits per heavy atom. The van der Waals surface area contributed by atoms with Gasteiger partial charge >= 0.3 is 5.97 Å². The first-order valence-electron chi connectivity index (χ1n) is 6.19. The predicted molar refractivity (Wildman–Crippen MR) is 68.5 cm³/mol. The third-order valence-electron chi connectivity index (χ3n) is 2.86. The Morgan fingerprint density at radius 3 is 2.83 bits per heavy atom. The van der Waals surface area contributed by atoms with Crippen LogP contribution in [0.5, 0.6) is 0 Å².